The number of benzene rings is 2. The van der Waals surface area contributed by atoms with E-state index in [4.69, 9.17) is 0 Å². The van der Waals surface area contributed by atoms with Gasteiger partial charge in [-0.25, -0.2) is 8.42 Å². The van der Waals surface area contributed by atoms with Gasteiger partial charge in [-0.3, -0.25) is 19.5 Å². The molecule has 0 N–H and O–H groups in total. The molecule has 2 aromatic carbocycles. The van der Waals surface area contributed by atoms with Crippen LogP contribution in [0.3, 0.4) is 0 Å². The van der Waals surface area contributed by atoms with Crippen LogP contribution in [0.1, 0.15) is 45.8 Å². The van der Waals surface area contributed by atoms with Crippen LogP contribution in [0.2, 0.25) is 0 Å². The van der Waals surface area contributed by atoms with Gasteiger partial charge < -0.3 is 0 Å². The SMILES string of the molecule is CC(C)N(Cc1ccccc1)S(=O)(=O)c1ccc(CN2C(=O)c3cccnc3C2=O)cc1. The Morgan fingerprint density at radius 3 is 2.19 bits per heavy atom. The van der Waals surface area contributed by atoms with Crippen LogP contribution in [0, 0.1) is 0 Å². The van der Waals surface area contributed by atoms with Crippen molar-refractivity contribution in [2.24, 2.45) is 0 Å². The highest BCUT2D eigenvalue weighted by Crippen LogP contribution is 2.25. The predicted molar refractivity (Wildman–Crippen MR) is 119 cm³/mol. The Balaban J connectivity index is 1.54. The number of imide groups is 1. The van der Waals surface area contributed by atoms with E-state index >= 15 is 0 Å². The molecule has 0 radical (unpaired) electrons. The Hall–Kier alpha value is -3.36. The van der Waals surface area contributed by atoms with Gasteiger partial charge in [0.2, 0.25) is 10.0 Å². The molecule has 3 aromatic rings. The highest BCUT2D eigenvalue weighted by Gasteiger charge is 2.36. The van der Waals surface area contributed by atoms with Gasteiger partial charge in [-0.15, -0.1) is 0 Å². The van der Waals surface area contributed by atoms with Gasteiger partial charge >= 0.3 is 0 Å². The van der Waals surface area contributed by atoms with Crippen molar-refractivity contribution in [3.8, 4) is 0 Å². The summed E-state index contributed by atoms with van der Waals surface area (Å²) in [5.41, 5.74) is 1.98. The second-order valence-corrected chi connectivity index (χ2v) is 9.76. The number of amides is 2. The monoisotopic (exact) mass is 449 g/mol. The number of fused-ring (bicyclic) bond motifs is 1. The van der Waals surface area contributed by atoms with Crippen LogP contribution >= 0.6 is 0 Å². The first-order valence-electron chi connectivity index (χ1n) is 10.2. The average Bonchev–Trinajstić information content (AvgIpc) is 3.03. The van der Waals surface area contributed by atoms with Crippen LogP contribution in [0.25, 0.3) is 0 Å². The number of hydrogen-bond donors (Lipinski definition) is 0. The lowest BCUT2D eigenvalue weighted by Gasteiger charge is -2.26. The van der Waals surface area contributed by atoms with Crippen molar-refractivity contribution in [2.45, 2.75) is 37.9 Å². The predicted octanol–water partition coefficient (Wildman–Crippen LogP) is 3.48. The third kappa shape index (κ3) is 4.06. The van der Waals surface area contributed by atoms with Crippen molar-refractivity contribution in [1.82, 2.24) is 14.2 Å². The van der Waals surface area contributed by atoms with Gasteiger partial charge in [0.25, 0.3) is 11.8 Å². The van der Waals surface area contributed by atoms with Crippen LogP contribution in [0.5, 0.6) is 0 Å². The molecule has 0 saturated heterocycles. The number of sulfonamides is 1. The summed E-state index contributed by atoms with van der Waals surface area (Å²) in [6.45, 7) is 3.99. The Morgan fingerprint density at radius 1 is 0.875 bits per heavy atom. The molecule has 0 fully saturated rings. The lowest BCUT2D eigenvalue weighted by molar-refractivity contribution is 0.0640. The summed E-state index contributed by atoms with van der Waals surface area (Å²) >= 11 is 0. The second kappa shape index (κ2) is 8.64. The van der Waals surface area contributed by atoms with Crippen LogP contribution in [-0.2, 0) is 23.1 Å². The second-order valence-electron chi connectivity index (χ2n) is 7.87. The number of carbonyl (C=O) groups excluding carboxylic acids is 2. The molecular formula is C24H23N3O4S. The fourth-order valence-corrected chi connectivity index (χ4v) is 5.28. The van der Waals surface area contributed by atoms with E-state index in [1.807, 2.05) is 44.2 Å². The first-order chi connectivity index (χ1) is 15.3. The van der Waals surface area contributed by atoms with Crippen LogP contribution < -0.4 is 0 Å². The highest BCUT2D eigenvalue weighted by molar-refractivity contribution is 7.89. The molecule has 0 saturated carbocycles. The third-order valence-corrected chi connectivity index (χ3v) is 7.39. The van der Waals surface area contributed by atoms with Crippen LogP contribution in [0.15, 0.2) is 77.8 Å². The summed E-state index contributed by atoms with van der Waals surface area (Å²) in [5.74, 6) is -0.847. The third-order valence-electron chi connectivity index (χ3n) is 5.36. The molecule has 1 aliphatic rings. The van der Waals surface area contributed by atoms with Crippen LogP contribution in [0.4, 0.5) is 0 Å². The molecule has 2 heterocycles. The fraction of sp³-hybridized carbons (Fsp3) is 0.208. The van der Waals surface area contributed by atoms with E-state index in [0.29, 0.717) is 5.56 Å². The summed E-state index contributed by atoms with van der Waals surface area (Å²) in [5, 5.41) is 0. The summed E-state index contributed by atoms with van der Waals surface area (Å²) in [4.78, 5) is 30.3. The van der Waals surface area contributed by atoms with Crippen molar-refractivity contribution < 1.29 is 18.0 Å². The summed E-state index contributed by atoms with van der Waals surface area (Å²) in [7, 11) is -3.73. The molecule has 0 bridgehead atoms. The molecule has 32 heavy (non-hydrogen) atoms. The van der Waals surface area contributed by atoms with Crippen molar-refractivity contribution >= 4 is 21.8 Å². The smallest absolute Gasteiger partial charge is 0.268 e. The van der Waals surface area contributed by atoms with Crippen molar-refractivity contribution in [1.29, 1.82) is 0 Å². The molecule has 0 unspecified atom stereocenters. The van der Waals surface area contributed by atoms with E-state index in [1.165, 1.54) is 22.6 Å². The van der Waals surface area contributed by atoms with Crippen molar-refractivity contribution in [3.63, 3.8) is 0 Å². The number of aromatic nitrogens is 1. The normalized spacial score (nSPS) is 13.8. The Kier molecular flexibility index (Phi) is 5.90. The largest absolute Gasteiger partial charge is 0.280 e. The Bertz CT molecular complexity index is 1220. The van der Waals surface area contributed by atoms with E-state index in [1.54, 1.807) is 24.3 Å². The molecule has 2 amide bonds. The number of pyridine rings is 1. The maximum absolute atomic E-state index is 13.3. The maximum Gasteiger partial charge on any atom is 0.280 e. The molecule has 7 nitrogen and oxygen atoms in total. The zero-order chi connectivity index (χ0) is 22.9. The van der Waals surface area contributed by atoms with Gasteiger partial charge in [-0.1, -0.05) is 42.5 Å². The molecule has 0 aliphatic carbocycles. The molecule has 4 rings (SSSR count). The van der Waals surface area contributed by atoms with Gasteiger partial charge in [0, 0.05) is 18.8 Å². The molecule has 8 heteroatoms. The van der Waals surface area contributed by atoms with Gasteiger partial charge in [-0.05, 0) is 49.2 Å². The highest BCUT2D eigenvalue weighted by atomic mass is 32.2. The summed E-state index contributed by atoms with van der Waals surface area (Å²) in [6.07, 6.45) is 1.48. The minimum Gasteiger partial charge on any atom is -0.268 e. The summed E-state index contributed by atoms with van der Waals surface area (Å²) in [6, 6.07) is 18.7. The topological polar surface area (TPSA) is 87.7 Å². The van der Waals surface area contributed by atoms with E-state index in [-0.39, 0.29) is 35.3 Å². The van der Waals surface area contributed by atoms with Gasteiger partial charge in [0.05, 0.1) is 17.0 Å². The van der Waals surface area contributed by atoms with E-state index in [0.717, 1.165) is 10.5 Å². The molecule has 1 aromatic heterocycles. The van der Waals surface area contributed by atoms with E-state index < -0.39 is 21.8 Å². The van der Waals surface area contributed by atoms with Gasteiger partial charge in [-0.2, -0.15) is 4.31 Å². The summed E-state index contributed by atoms with van der Waals surface area (Å²) < 4.78 is 28.0. The molecule has 0 atom stereocenters. The van der Waals surface area contributed by atoms with E-state index in [2.05, 4.69) is 4.98 Å². The van der Waals surface area contributed by atoms with Crippen molar-refractivity contribution in [3.05, 3.63) is 95.3 Å². The molecule has 0 spiro atoms. The Morgan fingerprint density at radius 2 is 1.56 bits per heavy atom. The van der Waals surface area contributed by atoms with Gasteiger partial charge in [0.1, 0.15) is 5.69 Å². The van der Waals surface area contributed by atoms with Crippen LogP contribution in [-0.4, -0.2) is 40.5 Å². The number of carbonyl (C=O) groups is 2. The van der Waals surface area contributed by atoms with E-state index in [9.17, 15) is 18.0 Å². The fourth-order valence-electron chi connectivity index (χ4n) is 3.65. The molecule has 1 aliphatic heterocycles. The Labute approximate surface area is 187 Å². The minimum atomic E-state index is -3.73. The zero-order valence-corrected chi connectivity index (χ0v) is 18.6. The first kappa shape index (κ1) is 21.9. The number of hydrogen-bond acceptors (Lipinski definition) is 5. The zero-order valence-electron chi connectivity index (χ0n) is 17.8. The molecular weight excluding hydrogens is 426 g/mol. The quantitative estimate of drug-likeness (QED) is 0.516. The molecule has 164 valence electrons. The standard InChI is InChI=1S/C24H23N3O4S/c1-17(2)27(16-18-7-4-3-5-8-18)32(30,31)20-12-10-19(11-13-20)15-26-23(28)21-9-6-14-25-22(21)24(26)29/h3-14,17H,15-16H2,1-2H3. The maximum atomic E-state index is 13.3. The average molecular weight is 450 g/mol. The lowest BCUT2D eigenvalue weighted by Crippen LogP contribution is -2.36. The first-order valence-corrected chi connectivity index (χ1v) is 11.7. The number of rotatable bonds is 7. The van der Waals surface area contributed by atoms with Gasteiger partial charge in [0.15, 0.2) is 0 Å². The number of nitrogens with zero attached hydrogens (tertiary/aromatic N) is 3. The lowest BCUT2D eigenvalue weighted by atomic mass is 10.2. The minimum absolute atomic E-state index is 0.0479. The van der Waals surface area contributed by atoms with Crippen molar-refractivity contribution in [2.75, 3.05) is 0 Å².